The van der Waals surface area contributed by atoms with Gasteiger partial charge in [-0.2, -0.15) is 0 Å². The van der Waals surface area contributed by atoms with Gasteiger partial charge in [0, 0.05) is 19.2 Å². The van der Waals surface area contributed by atoms with Gasteiger partial charge in [0.15, 0.2) is 0 Å². The number of hydrogen-bond acceptors (Lipinski definition) is 4. The van der Waals surface area contributed by atoms with E-state index in [4.69, 9.17) is 14.8 Å². The van der Waals surface area contributed by atoms with Gasteiger partial charge in [-0.15, -0.1) is 0 Å². The van der Waals surface area contributed by atoms with Gasteiger partial charge in [0.1, 0.15) is 0 Å². The van der Waals surface area contributed by atoms with E-state index in [0.29, 0.717) is 6.54 Å². The molecule has 0 radical (unpaired) electrons. The summed E-state index contributed by atoms with van der Waals surface area (Å²) in [6.45, 7) is 7.72. The summed E-state index contributed by atoms with van der Waals surface area (Å²) in [5.41, 5.74) is 5.37. The van der Waals surface area contributed by atoms with E-state index < -0.39 is 7.60 Å². The first-order valence-electron chi connectivity index (χ1n) is 4.27. The highest BCUT2D eigenvalue weighted by molar-refractivity contribution is 7.52. The maximum absolute atomic E-state index is 11.5. The summed E-state index contributed by atoms with van der Waals surface area (Å²) in [5, 5.41) is 0. The minimum Gasteiger partial charge on any atom is -0.330 e. The van der Waals surface area contributed by atoms with Crippen LogP contribution in [0.25, 0.3) is 0 Å². The molecule has 0 aliphatic carbocycles. The third-order valence-corrected chi connectivity index (χ3v) is 3.67. The molecule has 0 heterocycles. The molecule has 5 heteroatoms. The molecule has 0 spiro atoms. The average molecular weight is 209 g/mol. The van der Waals surface area contributed by atoms with E-state index in [0.717, 1.165) is 0 Å². The largest absolute Gasteiger partial charge is 0.330 e. The highest BCUT2D eigenvalue weighted by atomic mass is 31.2. The van der Waals surface area contributed by atoms with Crippen LogP contribution in [0.15, 0.2) is 0 Å². The fraction of sp³-hybridized carbons (Fsp3) is 1.00. The molecule has 0 amide bonds. The molecule has 2 unspecified atom stereocenters. The molecule has 0 aliphatic rings. The zero-order valence-electron chi connectivity index (χ0n) is 9.03. The molecule has 2 N–H and O–H groups in total. The lowest BCUT2D eigenvalue weighted by molar-refractivity contribution is 0.0793. The maximum atomic E-state index is 11.5. The number of nitrogens with two attached hydrogens (primary N) is 1. The van der Waals surface area contributed by atoms with Gasteiger partial charge in [-0.1, -0.05) is 13.8 Å². The van der Waals surface area contributed by atoms with Crippen molar-refractivity contribution < 1.29 is 13.6 Å². The van der Waals surface area contributed by atoms with Crippen LogP contribution in [0.5, 0.6) is 0 Å². The molecule has 0 aromatic carbocycles. The third-order valence-electron chi connectivity index (χ3n) is 2.31. The number of hydrogen-bond donors (Lipinski definition) is 1. The lowest BCUT2D eigenvalue weighted by atomic mass is 9.88. The van der Waals surface area contributed by atoms with E-state index in [2.05, 4.69) is 0 Å². The van der Waals surface area contributed by atoms with E-state index in [1.807, 2.05) is 20.8 Å². The fourth-order valence-electron chi connectivity index (χ4n) is 0.639. The smallest absolute Gasteiger partial charge is 0.327 e. The Bertz CT molecular complexity index is 206. The van der Waals surface area contributed by atoms with Gasteiger partial charge in [-0.25, -0.2) is 0 Å². The van der Waals surface area contributed by atoms with Gasteiger partial charge in [-0.05, 0) is 13.5 Å². The molecule has 0 aromatic rings. The Balaban J connectivity index is 4.31. The quantitative estimate of drug-likeness (QED) is 0.702. The van der Waals surface area contributed by atoms with Gasteiger partial charge in [0.2, 0.25) is 0 Å². The highest BCUT2D eigenvalue weighted by Crippen LogP contribution is 2.46. The van der Waals surface area contributed by atoms with E-state index >= 15 is 0 Å². The summed E-state index contributed by atoms with van der Waals surface area (Å²) in [6, 6.07) is 0. The van der Waals surface area contributed by atoms with E-state index in [9.17, 15) is 4.57 Å². The SMILES string of the molecule is COP(C)(=O)OC(C)C(C)(C)CN. The van der Waals surface area contributed by atoms with Crippen molar-refractivity contribution in [2.45, 2.75) is 26.9 Å². The topological polar surface area (TPSA) is 61.5 Å². The van der Waals surface area contributed by atoms with Crippen LogP contribution in [-0.2, 0) is 13.6 Å². The van der Waals surface area contributed by atoms with Crippen LogP contribution in [0, 0.1) is 5.41 Å². The predicted octanol–water partition coefficient (Wildman–Crippen LogP) is 1.85. The Hall–Kier alpha value is 0.110. The zero-order valence-corrected chi connectivity index (χ0v) is 9.93. The Labute approximate surface area is 80.3 Å². The molecule has 0 aliphatic heterocycles. The summed E-state index contributed by atoms with van der Waals surface area (Å²) < 4.78 is 21.5. The van der Waals surface area contributed by atoms with E-state index in [1.54, 1.807) is 0 Å². The van der Waals surface area contributed by atoms with Crippen LogP contribution in [-0.4, -0.2) is 26.4 Å². The molecule has 80 valence electrons. The highest BCUT2D eigenvalue weighted by Gasteiger charge is 2.30. The van der Waals surface area contributed by atoms with Crippen molar-refractivity contribution in [2.75, 3.05) is 20.3 Å². The Morgan fingerprint density at radius 1 is 1.54 bits per heavy atom. The van der Waals surface area contributed by atoms with Crippen LogP contribution in [0.2, 0.25) is 0 Å². The first-order valence-corrected chi connectivity index (χ1v) is 6.26. The minimum atomic E-state index is -2.89. The van der Waals surface area contributed by atoms with Crippen molar-refractivity contribution in [3.05, 3.63) is 0 Å². The first kappa shape index (κ1) is 13.1. The van der Waals surface area contributed by atoms with Gasteiger partial charge in [0.25, 0.3) is 0 Å². The molecular weight excluding hydrogens is 189 g/mol. The molecule has 0 aromatic heterocycles. The second kappa shape index (κ2) is 4.56. The normalized spacial score (nSPS) is 19.5. The van der Waals surface area contributed by atoms with Gasteiger partial charge >= 0.3 is 7.60 Å². The number of rotatable bonds is 5. The molecule has 0 bridgehead atoms. The van der Waals surface area contributed by atoms with Crippen LogP contribution >= 0.6 is 7.60 Å². The second-order valence-corrected chi connectivity index (χ2v) is 6.01. The molecule has 2 atom stereocenters. The molecule has 0 saturated heterocycles. The van der Waals surface area contributed by atoms with Gasteiger partial charge in [0.05, 0.1) is 6.10 Å². The lowest BCUT2D eigenvalue weighted by Crippen LogP contribution is -2.35. The van der Waals surface area contributed by atoms with E-state index in [1.165, 1.54) is 13.8 Å². The molecular formula is C8H20NO3P. The Morgan fingerprint density at radius 3 is 2.31 bits per heavy atom. The summed E-state index contributed by atoms with van der Waals surface area (Å²) in [6.07, 6.45) is -0.187. The zero-order chi connectivity index (χ0) is 10.7. The lowest BCUT2D eigenvalue weighted by Gasteiger charge is -2.31. The third kappa shape index (κ3) is 4.23. The Kier molecular flexibility index (Phi) is 4.60. The van der Waals surface area contributed by atoms with Crippen LogP contribution in [0.3, 0.4) is 0 Å². The van der Waals surface area contributed by atoms with Crippen LogP contribution < -0.4 is 5.73 Å². The monoisotopic (exact) mass is 209 g/mol. The molecule has 0 saturated carbocycles. The standard InChI is InChI=1S/C8H20NO3P/c1-7(8(2,3)6-9)12-13(5,10)11-4/h7H,6,9H2,1-5H3. The summed E-state index contributed by atoms with van der Waals surface area (Å²) in [5.74, 6) is 0. The van der Waals surface area contributed by atoms with Gasteiger partial charge in [-0.3, -0.25) is 4.57 Å². The molecule has 0 rings (SSSR count). The van der Waals surface area contributed by atoms with Crippen molar-refractivity contribution in [3.63, 3.8) is 0 Å². The minimum absolute atomic E-state index is 0.187. The summed E-state index contributed by atoms with van der Waals surface area (Å²) in [4.78, 5) is 0. The summed E-state index contributed by atoms with van der Waals surface area (Å²) >= 11 is 0. The fourth-order valence-corrected chi connectivity index (χ4v) is 1.58. The van der Waals surface area contributed by atoms with Crippen molar-refractivity contribution >= 4 is 7.60 Å². The molecule has 4 nitrogen and oxygen atoms in total. The van der Waals surface area contributed by atoms with Crippen molar-refractivity contribution in [2.24, 2.45) is 11.1 Å². The van der Waals surface area contributed by atoms with Crippen LogP contribution in [0.1, 0.15) is 20.8 Å². The molecule has 13 heavy (non-hydrogen) atoms. The van der Waals surface area contributed by atoms with Crippen LogP contribution in [0.4, 0.5) is 0 Å². The Morgan fingerprint density at radius 2 is 2.00 bits per heavy atom. The second-order valence-electron chi connectivity index (χ2n) is 3.89. The van der Waals surface area contributed by atoms with Crippen molar-refractivity contribution in [1.29, 1.82) is 0 Å². The average Bonchev–Trinajstić information content (AvgIpc) is 2.04. The predicted molar refractivity (Wildman–Crippen MR) is 53.9 cm³/mol. The molecule has 0 fully saturated rings. The summed E-state index contributed by atoms with van der Waals surface area (Å²) in [7, 11) is -1.52. The maximum Gasteiger partial charge on any atom is 0.327 e. The van der Waals surface area contributed by atoms with Crippen molar-refractivity contribution in [1.82, 2.24) is 0 Å². The first-order chi connectivity index (χ1) is 5.75. The van der Waals surface area contributed by atoms with Crippen molar-refractivity contribution in [3.8, 4) is 0 Å². The van der Waals surface area contributed by atoms with E-state index in [-0.39, 0.29) is 11.5 Å². The van der Waals surface area contributed by atoms with Gasteiger partial charge < -0.3 is 14.8 Å².